The molecule has 1 amide bonds. The molecular formula is C21H24ClN5O3. The Morgan fingerprint density at radius 2 is 2.03 bits per heavy atom. The Bertz CT molecular complexity index is 990. The molecule has 8 nitrogen and oxygen atoms in total. The van der Waals surface area contributed by atoms with Crippen molar-refractivity contribution in [1.82, 2.24) is 19.9 Å². The van der Waals surface area contributed by atoms with Crippen LogP contribution >= 0.6 is 11.6 Å². The van der Waals surface area contributed by atoms with Gasteiger partial charge in [-0.2, -0.15) is 0 Å². The summed E-state index contributed by atoms with van der Waals surface area (Å²) >= 11 is 6.00. The first-order chi connectivity index (χ1) is 14.5. The van der Waals surface area contributed by atoms with Gasteiger partial charge in [-0.25, -0.2) is 9.97 Å². The van der Waals surface area contributed by atoms with Crippen molar-refractivity contribution < 1.29 is 15.0 Å². The average molecular weight is 430 g/mol. The summed E-state index contributed by atoms with van der Waals surface area (Å²) in [4.78, 5) is 21.1. The minimum Gasteiger partial charge on any atom is -0.394 e. The third-order valence-electron chi connectivity index (χ3n) is 4.66. The highest BCUT2D eigenvalue weighted by Crippen LogP contribution is 2.18. The summed E-state index contributed by atoms with van der Waals surface area (Å²) in [5.74, 6) is 0.209. The highest BCUT2D eigenvalue weighted by molar-refractivity contribution is 6.30. The fourth-order valence-electron chi connectivity index (χ4n) is 2.92. The number of benzene rings is 1. The fraction of sp³-hybridized carbons (Fsp3) is 0.286. The van der Waals surface area contributed by atoms with E-state index in [1.54, 1.807) is 47.3 Å². The summed E-state index contributed by atoms with van der Waals surface area (Å²) in [6, 6.07) is 9.89. The molecule has 0 aliphatic rings. The molecule has 0 saturated heterocycles. The maximum Gasteiger partial charge on any atom is 0.272 e. The van der Waals surface area contributed by atoms with Crippen molar-refractivity contribution in [2.45, 2.75) is 25.4 Å². The predicted molar refractivity (Wildman–Crippen MR) is 115 cm³/mol. The lowest BCUT2D eigenvalue weighted by Gasteiger charge is -2.16. The Labute approximate surface area is 179 Å². The number of aliphatic hydroxyl groups is 2. The molecule has 4 N–H and O–H groups in total. The number of carbonyl (C=O) groups excluding carboxylic acids is 1. The van der Waals surface area contributed by atoms with Gasteiger partial charge in [0, 0.05) is 23.5 Å². The number of halogens is 1. The molecule has 3 rings (SSSR count). The summed E-state index contributed by atoms with van der Waals surface area (Å²) in [6.45, 7) is 1.72. The molecule has 0 bridgehead atoms. The van der Waals surface area contributed by atoms with Gasteiger partial charge in [0.25, 0.3) is 5.91 Å². The van der Waals surface area contributed by atoms with E-state index < -0.39 is 11.9 Å². The number of aromatic nitrogens is 3. The normalized spacial score (nSPS) is 12.9. The zero-order chi connectivity index (χ0) is 21.5. The van der Waals surface area contributed by atoms with Crippen LogP contribution in [0.5, 0.6) is 0 Å². The van der Waals surface area contributed by atoms with Crippen LogP contribution in [0, 0.1) is 0 Å². The Balaban J connectivity index is 1.73. The van der Waals surface area contributed by atoms with E-state index in [2.05, 4.69) is 20.6 Å². The number of imidazole rings is 1. The lowest BCUT2D eigenvalue weighted by atomic mass is 10.1. The number of hydrogen-bond acceptors (Lipinski definition) is 6. The minimum atomic E-state index is -0.595. The molecule has 2 heterocycles. The molecule has 2 atom stereocenters. The van der Waals surface area contributed by atoms with Crippen molar-refractivity contribution >= 4 is 23.3 Å². The van der Waals surface area contributed by atoms with Crippen molar-refractivity contribution in [2.75, 3.05) is 18.5 Å². The number of nitrogens with one attached hydrogen (secondary N) is 2. The highest BCUT2D eigenvalue weighted by atomic mass is 35.5. The first-order valence-electron chi connectivity index (χ1n) is 9.59. The van der Waals surface area contributed by atoms with Crippen LogP contribution in [0.2, 0.25) is 5.02 Å². The number of aliphatic hydroxyl groups excluding tert-OH is 2. The SMILES string of the molecule is CCC(CO)Nc1cc(-n2cnc(C(=O)N[C@H](CO)c3cccc(Cl)c3)c2)ccn1. The fourth-order valence-corrected chi connectivity index (χ4v) is 3.11. The summed E-state index contributed by atoms with van der Waals surface area (Å²) in [5, 5.41) is 25.5. The molecule has 30 heavy (non-hydrogen) atoms. The molecule has 2 aromatic heterocycles. The second kappa shape index (κ2) is 10.2. The average Bonchev–Trinajstić information content (AvgIpc) is 3.26. The largest absolute Gasteiger partial charge is 0.394 e. The number of amides is 1. The number of pyridine rings is 1. The van der Waals surface area contributed by atoms with Crippen molar-refractivity contribution in [1.29, 1.82) is 0 Å². The number of rotatable bonds is 9. The summed E-state index contributed by atoms with van der Waals surface area (Å²) < 4.78 is 1.70. The van der Waals surface area contributed by atoms with Gasteiger partial charge in [0.15, 0.2) is 0 Å². The smallest absolute Gasteiger partial charge is 0.272 e. The van der Waals surface area contributed by atoms with Crippen LogP contribution in [0.15, 0.2) is 55.1 Å². The Hall–Kier alpha value is -2.94. The molecule has 0 saturated carbocycles. The molecule has 9 heteroatoms. The molecule has 0 spiro atoms. The van der Waals surface area contributed by atoms with E-state index in [9.17, 15) is 15.0 Å². The van der Waals surface area contributed by atoms with E-state index in [4.69, 9.17) is 11.6 Å². The highest BCUT2D eigenvalue weighted by Gasteiger charge is 2.17. The molecule has 1 unspecified atom stereocenters. The predicted octanol–water partition coefficient (Wildman–Crippen LogP) is 2.57. The number of nitrogens with zero attached hydrogens (tertiary/aromatic N) is 3. The van der Waals surface area contributed by atoms with Crippen LogP contribution in [-0.4, -0.2) is 49.9 Å². The minimum absolute atomic E-state index is 0.0104. The molecule has 3 aromatic rings. The Morgan fingerprint density at radius 1 is 1.20 bits per heavy atom. The monoisotopic (exact) mass is 429 g/mol. The summed E-state index contributed by atoms with van der Waals surface area (Å²) in [6.07, 6.45) is 5.54. The maximum absolute atomic E-state index is 12.6. The van der Waals surface area contributed by atoms with E-state index in [1.165, 1.54) is 6.33 Å². The lowest BCUT2D eigenvalue weighted by Crippen LogP contribution is -2.31. The van der Waals surface area contributed by atoms with Crippen LogP contribution in [0.1, 0.15) is 35.4 Å². The van der Waals surface area contributed by atoms with E-state index in [0.717, 1.165) is 12.1 Å². The van der Waals surface area contributed by atoms with Gasteiger partial charge >= 0.3 is 0 Å². The summed E-state index contributed by atoms with van der Waals surface area (Å²) in [5.41, 5.74) is 1.68. The van der Waals surface area contributed by atoms with Gasteiger partial charge in [-0.05, 0) is 30.2 Å². The van der Waals surface area contributed by atoms with Crippen LogP contribution in [0.25, 0.3) is 5.69 Å². The zero-order valence-corrected chi connectivity index (χ0v) is 17.3. The van der Waals surface area contributed by atoms with Crippen LogP contribution in [0.4, 0.5) is 5.82 Å². The van der Waals surface area contributed by atoms with E-state index >= 15 is 0 Å². The van der Waals surface area contributed by atoms with Gasteiger partial charge in [0.1, 0.15) is 17.8 Å². The number of hydrogen-bond donors (Lipinski definition) is 4. The first kappa shape index (κ1) is 21.8. The second-order valence-corrected chi connectivity index (χ2v) is 7.20. The molecular weight excluding hydrogens is 406 g/mol. The Kier molecular flexibility index (Phi) is 7.40. The maximum atomic E-state index is 12.6. The molecule has 1 aromatic carbocycles. The van der Waals surface area contributed by atoms with Crippen LogP contribution in [0.3, 0.4) is 0 Å². The van der Waals surface area contributed by atoms with E-state index in [-0.39, 0.29) is 24.9 Å². The van der Waals surface area contributed by atoms with Crippen LogP contribution < -0.4 is 10.6 Å². The van der Waals surface area contributed by atoms with Crippen molar-refractivity contribution in [3.05, 3.63) is 71.4 Å². The molecule has 0 aliphatic heterocycles. The lowest BCUT2D eigenvalue weighted by molar-refractivity contribution is 0.0911. The van der Waals surface area contributed by atoms with Crippen LogP contribution in [-0.2, 0) is 0 Å². The third-order valence-corrected chi connectivity index (χ3v) is 4.90. The molecule has 0 radical (unpaired) electrons. The number of carbonyl (C=O) groups is 1. The molecule has 0 aliphatic carbocycles. The third kappa shape index (κ3) is 5.35. The van der Waals surface area contributed by atoms with Gasteiger partial charge in [-0.15, -0.1) is 0 Å². The van der Waals surface area contributed by atoms with Gasteiger partial charge in [0.05, 0.1) is 31.0 Å². The second-order valence-electron chi connectivity index (χ2n) is 6.76. The molecule has 158 valence electrons. The van der Waals surface area contributed by atoms with Gasteiger partial charge in [-0.3, -0.25) is 4.79 Å². The molecule has 0 fully saturated rings. The van der Waals surface area contributed by atoms with Crippen molar-refractivity contribution in [3.8, 4) is 5.69 Å². The van der Waals surface area contributed by atoms with Crippen molar-refractivity contribution in [3.63, 3.8) is 0 Å². The zero-order valence-electron chi connectivity index (χ0n) is 16.5. The first-order valence-corrected chi connectivity index (χ1v) is 9.96. The quantitative estimate of drug-likeness (QED) is 0.416. The van der Waals surface area contributed by atoms with Gasteiger partial charge < -0.3 is 25.4 Å². The van der Waals surface area contributed by atoms with E-state index in [1.807, 2.05) is 13.0 Å². The summed E-state index contributed by atoms with van der Waals surface area (Å²) in [7, 11) is 0. The van der Waals surface area contributed by atoms with Crippen molar-refractivity contribution in [2.24, 2.45) is 0 Å². The van der Waals surface area contributed by atoms with E-state index in [0.29, 0.717) is 16.4 Å². The topological polar surface area (TPSA) is 112 Å². The Morgan fingerprint density at radius 3 is 2.73 bits per heavy atom. The van der Waals surface area contributed by atoms with Gasteiger partial charge in [0.2, 0.25) is 0 Å². The van der Waals surface area contributed by atoms with Gasteiger partial charge in [-0.1, -0.05) is 30.7 Å². The number of anilines is 1. The standard InChI is InChI=1S/C21H24ClN5O3/c1-2-16(11-28)25-20-9-17(6-7-23-20)27-10-18(24-13-27)21(30)26-19(12-29)14-4-3-5-15(22)8-14/h3-10,13,16,19,28-29H,2,11-12H2,1H3,(H,23,25)(H,26,30)/t16?,19-/m1/s1.